The third kappa shape index (κ3) is 4.53. The predicted molar refractivity (Wildman–Crippen MR) is 115 cm³/mol. The normalized spacial score (nSPS) is 10.8. The lowest BCUT2D eigenvalue weighted by Gasteiger charge is -2.18. The summed E-state index contributed by atoms with van der Waals surface area (Å²) in [5.74, 6) is -0.527. The van der Waals surface area contributed by atoms with Crippen LogP contribution in [0.25, 0.3) is 17.1 Å². The molecule has 5 N–H and O–H groups in total. The predicted octanol–water partition coefficient (Wildman–Crippen LogP) is 1.46. The summed E-state index contributed by atoms with van der Waals surface area (Å²) in [6.07, 6.45) is 0.745. The van der Waals surface area contributed by atoms with Gasteiger partial charge in [0.15, 0.2) is 5.82 Å². The molecule has 0 aliphatic carbocycles. The molecule has 31 heavy (non-hydrogen) atoms. The Balaban J connectivity index is 2.11. The smallest absolute Gasteiger partial charge is 0.348 e. The second-order valence-electron chi connectivity index (χ2n) is 6.94. The lowest BCUT2D eigenvalue weighted by Crippen LogP contribution is -2.27. The van der Waals surface area contributed by atoms with Gasteiger partial charge >= 0.3 is 5.69 Å². The largest absolute Gasteiger partial charge is 0.507 e. The molecule has 0 saturated carbocycles. The van der Waals surface area contributed by atoms with Crippen molar-refractivity contribution in [3.05, 3.63) is 52.4 Å². The van der Waals surface area contributed by atoms with Crippen LogP contribution >= 0.6 is 0 Å². The molecule has 1 amide bonds. The number of aromatic hydroxyl groups is 2. The number of phenols is 2. The molecule has 164 valence electrons. The van der Waals surface area contributed by atoms with E-state index >= 15 is 0 Å². The Morgan fingerprint density at radius 1 is 1.26 bits per heavy atom. The number of nitrogens with zero attached hydrogens (tertiary/aromatic N) is 3. The summed E-state index contributed by atoms with van der Waals surface area (Å²) in [5, 5.41) is 27.1. The van der Waals surface area contributed by atoms with Gasteiger partial charge in [-0.1, -0.05) is 13.0 Å². The molecule has 0 aliphatic rings. The van der Waals surface area contributed by atoms with Gasteiger partial charge in [-0.15, -0.1) is 0 Å². The maximum atomic E-state index is 12.7. The van der Waals surface area contributed by atoms with Crippen molar-refractivity contribution in [2.45, 2.75) is 13.3 Å². The van der Waals surface area contributed by atoms with Crippen molar-refractivity contribution in [3.63, 3.8) is 0 Å². The van der Waals surface area contributed by atoms with Crippen molar-refractivity contribution in [2.24, 2.45) is 5.73 Å². The number of carbonyl (C=O) groups excluding carboxylic acids is 1. The van der Waals surface area contributed by atoms with Crippen LogP contribution in [0.5, 0.6) is 17.2 Å². The minimum Gasteiger partial charge on any atom is -0.507 e. The van der Waals surface area contributed by atoms with Gasteiger partial charge in [-0.25, -0.2) is 14.5 Å². The van der Waals surface area contributed by atoms with E-state index in [1.54, 1.807) is 31.3 Å². The minimum absolute atomic E-state index is 0.00854. The van der Waals surface area contributed by atoms with Gasteiger partial charge in [-0.05, 0) is 24.6 Å². The number of benzene rings is 2. The highest BCUT2D eigenvalue weighted by Crippen LogP contribution is 2.35. The second kappa shape index (κ2) is 9.35. The molecule has 3 rings (SSSR count). The van der Waals surface area contributed by atoms with Gasteiger partial charge in [0, 0.05) is 32.3 Å². The van der Waals surface area contributed by atoms with Crippen LogP contribution in [-0.4, -0.2) is 62.5 Å². The average Bonchev–Trinajstić information content (AvgIpc) is 3.13. The summed E-state index contributed by atoms with van der Waals surface area (Å²) >= 11 is 0. The van der Waals surface area contributed by atoms with E-state index in [4.69, 9.17) is 10.5 Å². The van der Waals surface area contributed by atoms with E-state index in [1.807, 2.05) is 6.92 Å². The molecule has 0 spiro atoms. The number of aromatic nitrogens is 3. The van der Waals surface area contributed by atoms with Crippen molar-refractivity contribution in [3.8, 4) is 34.3 Å². The van der Waals surface area contributed by atoms with Crippen LogP contribution in [0.2, 0.25) is 0 Å². The Morgan fingerprint density at radius 2 is 2.03 bits per heavy atom. The number of aromatic amines is 1. The van der Waals surface area contributed by atoms with Gasteiger partial charge in [0.2, 0.25) is 0 Å². The first-order chi connectivity index (χ1) is 14.9. The fourth-order valence-electron chi connectivity index (χ4n) is 3.18. The number of carbonyl (C=O) groups is 1. The van der Waals surface area contributed by atoms with Crippen LogP contribution in [0.1, 0.15) is 23.7 Å². The van der Waals surface area contributed by atoms with Crippen LogP contribution in [0.3, 0.4) is 0 Å². The van der Waals surface area contributed by atoms with Crippen LogP contribution in [-0.2, 0) is 0 Å². The Morgan fingerprint density at radius 3 is 2.74 bits per heavy atom. The fourth-order valence-corrected chi connectivity index (χ4v) is 3.18. The van der Waals surface area contributed by atoms with Crippen molar-refractivity contribution in [1.82, 2.24) is 19.7 Å². The number of amides is 1. The third-order valence-corrected chi connectivity index (χ3v) is 4.63. The summed E-state index contributed by atoms with van der Waals surface area (Å²) in [6, 6.07) is 9.12. The first kappa shape index (κ1) is 21.9. The summed E-state index contributed by atoms with van der Waals surface area (Å²) in [6.45, 7) is 3.08. The van der Waals surface area contributed by atoms with Crippen LogP contribution < -0.4 is 16.2 Å². The topological polar surface area (TPSA) is 147 Å². The van der Waals surface area contributed by atoms with Gasteiger partial charge in [0.1, 0.15) is 23.9 Å². The number of hydrogen-bond donors (Lipinski definition) is 4. The molecule has 0 fully saturated rings. The molecule has 0 saturated heterocycles. The SMILES string of the molecule is CCCN(C)C(=O)c1cc(-c2n[nH]c(=O)n2-c2cccc(OCCN)c2)c(O)cc1O. The van der Waals surface area contributed by atoms with Crippen molar-refractivity contribution >= 4 is 5.91 Å². The van der Waals surface area contributed by atoms with Gasteiger partial charge in [0.25, 0.3) is 5.91 Å². The molecular weight excluding hydrogens is 402 g/mol. The van der Waals surface area contributed by atoms with E-state index in [0.717, 1.165) is 12.5 Å². The molecule has 3 aromatic rings. The van der Waals surface area contributed by atoms with E-state index in [9.17, 15) is 19.8 Å². The highest BCUT2D eigenvalue weighted by atomic mass is 16.5. The van der Waals surface area contributed by atoms with E-state index in [2.05, 4.69) is 10.2 Å². The van der Waals surface area contributed by atoms with Gasteiger partial charge < -0.3 is 25.6 Å². The summed E-state index contributed by atoms with van der Waals surface area (Å²) < 4.78 is 6.76. The Hall–Kier alpha value is -3.79. The maximum Gasteiger partial charge on any atom is 0.348 e. The van der Waals surface area contributed by atoms with Gasteiger partial charge in [-0.3, -0.25) is 4.79 Å². The number of rotatable bonds is 8. The molecule has 0 aliphatic heterocycles. The zero-order valence-electron chi connectivity index (χ0n) is 17.3. The van der Waals surface area contributed by atoms with Crippen LogP contribution in [0.15, 0.2) is 41.2 Å². The molecule has 0 atom stereocenters. The van der Waals surface area contributed by atoms with Crippen molar-refractivity contribution < 1.29 is 19.7 Å². The number of H-pyrrole nitrogens is 1. The number of ether oxygens (including phenoxy) is 1. The van der Waals surface area contributed by atoms with Crippen molar-refractivity contribution in [1.29, 1.82) is 0 Å². The monoisotopic (exact) mass is 427 g/mol. The van der Waals surface area contributed by atoms with Crippen LogP contribution in [0.4, 0.5) is 0 Å². The highest BCUT2D eigenvalue weighted by Gasteiger charge is 2.22. The second-order valence-corrected chi connectivity index (χ2v) is 6.94. The average molecular weight is 427 g/mol. The number of nitrogens with two attached hydrogens (primary N) is 1. The molecule has 1 aromatic heterocycles. The quantitative estimate of drug-likeness (QED) is 0.425. The zero-order valence-corrected chi connectivity index (χ0v) is 17.3. The Bertz CT molecular complexity index is 1140. The van der Waals surface area contributed by atoms with Crippen LogP contribution in [0, 0.1) is 0 Å². The summed E-state index contributed by atoms with van der Waals surface area (Å²) in [5.41, 5.74) is 5.46. The van der Waals surface area contributed by atoms with E-state index < -0.39 is 11.6 Å². The number of phenolic OH excluding ortho intramolecular Hbond substituents is 2. The number of nitrogens with one attached hydrogen (secondary N) is 1. The first-order valence-corrected chi connectivity index (χ1v) is 9.79. The van der Waals surface area contributed by atoms with E-state index in [0.29, 0.717) is 31.1 Å². The van der Waals surface area contributed by atoms with E-state index in [1.165, 1.54) is 15.5 Å². The highest BCUT2D eigenvalue weighted by molar-refractivity contribution is 5.98. The molecule has 10 nitrogen and oxygen atoms in total. The van der Waals surface area contributed by atoms with Gasteiger partial charge in [0.05, 0.1) is 16.8 Å². The van der Waals surface area contributed by atoms with Crippen molar-refractivity contribution in [2.75, 3.05) is 26.7 Å². The molecule has 0 unspecified atom stereocenters. The Kier molecular flexibility index (Phi) is 6.61. The van der Waals surface area contributed by atoms with E-state index in [-0.39, 0.29) is 28.5 Å². The summed E-state index contributed by atoms with van der Waals surface area (Å²) in [7, 11) is 1.62. The lowest BCUT2D eigenvalue weighted by molar-refractivity contribution is 0.0792. The van der Waals surface area contributed by atoms with Gasteiger partial charge in [-0.2, -0.15) is 5.10 Å². The summed E-state index contributed by atoms with van der Waals surface area (Å²) in [4.78, 5) is 26.7. The first-order valence-electron chi connectivity index (χ1n) is 9.79. The lowest BCUT2D eigenvalue weighted by atomic mass is 10.1. The fraction of sp³-hybridized carbons (Fsp3) is 0.286. The minimum atomic E-state index is -0.547. The molecule has 0 bridgehead atoms. The third-order valence-electron chi connectivity index (χ3n) is 4.63. The molecule has 10 heteroatoms. The molecule has 0 radical (unpaired) electrons. The molecule has 2 aromatic carbocycles. The standard InChI is InChI=1S/C21H25N5O5/c1-3-8-25(2)20(29)16-11-15(17(27)12-18(16)28)19-23-24-21(30)26(19)13-5-4-6-14(10-13)31-9-7-22/h4-6,10-12,27-28H,3,7-9,22H2,1-2H3,(H,24,30). The molecular formula is C21H25N5O5. The Labute approximate surface area is 178 Å². The number of hydrogen-bond acceptors (Lipinski definition) is 7. The molecule has 1 heterocycles. The maximum absolute atomic E-state index is 12.7. The zero-order chi connectivity index (χ0) is 22.5.